The Morgan fingerprint density at radius 2 is 0.562 bits per heavy atom. The van der Waals surface area contributed by atoms with Gasteiger partial charge in [-0.15, -0.1) is 0 Å². The van der Waals surface area contributed by atoms with E-state index in [1.807, 2.05) is 45.9 Å². The molecule has 2 unspecified atom stereocenters. The SMILES string of the molecule is CC(N)c1cnc[nH]1.CC(NC(=O)c1ccc2c(Oc3ccc(C(F)(F)F)cc3)cccc2c1)c1cnc[nH]1.CSF.C[C@@H](NC(=O)c1ccc2c(Oc3ccc(C(F)(F)F)cc3)cccc2c1)c1cnc[nH]1.C[C@H](NC(=O)c1ccc2c(Oc3ccc(C(F)(F)F)cc3)cccc2c1)c1cnc[nH]1.O=C(O)c1ccc2c(Oc3ccc(C(F)(F)F)cc3)cccc2c1. The van der Waals surface area contributed by atoms with Gasteiger partial charge in [0, 0.05) is 68.9 Å². The summed E-state index contributed by atoms with van der Waals surface area (Å²) in [6.07, 6.45) is -3.28. The minimum Gasteiger partial charge on any atom is -0.478 e. The van der Waals surface area contributed by atoms with Crippen LogP contribution in [0.25, 0.3) is 43.1 Å². The van der Waals surface area contributed by atoms with Gasteiger partial charge in [-0.3, -0.25) is 14.4 Å². The third-order valence-electron chi connectivity index (χ3n) is 19.0. The fourth-order valence-corrected chi connectivity index (χ4v) is 12.4. The standard InChI is InChI=1S/3C23H18F3N3O2.C18H11F3O3.C5H9N3.CH3FS/c3*1-14(20-12-27-13-28-20)29-22(30)16-5-10-19-15(11-16)3-2-4-21(19)31-18-8-6-17(7-9-18)23(24,25)26;19-18(20,21)13-5-7-14(8-6-13)24-16-3-1-2-11-10-12(17(22)23)4-9-15(11)16;1-4(6)5-2-7-3-8-5;1-3-2/h3*2-14H,1H3,(H,27,28)(H,29,30);1-10H,(H,22,23);2-4H,6H2,1H3,(H,7,8);1H3/t2*14-;;;;/m10..../s1. The fourth-order valence-electron chi connectivity index (χ4n) is 12.4. The summed E-state index contributed by atoms with van der Waals surface area (Å²) in [7, 11) is 0. The molecule has 3 amide bonds. The molecular formula is C93H77F13N12O9S. The number of H-pyrrole nitrogens is 4. The number of carbonyl (C=O) groups is 4. The van der Waals surface area contributed by atoms with Crippen LogP contribution in [0.1, 0.15) is 138 Å². The van der Waals surface area contributed by atoms with Crippen LogP contribution < -0.4 is 40.6 Å². The van der Waals surface area contributed by atoms with Crippen LogP contribution in [0, 0.1) is 0 Å². The number of hydrogen-bond acceptors (Lipinski definition) is 14. The summed E-state index contributed by atoms with van der Waals surface area (Å²) in [5.41, 5.74) is 7.46. The highest BCUT2D eigenvalue weighted by molar-refractivity contribution is 7.93. The number of rotatable bonds is 19. The first-order valence-corrected chi connectivity index (χ1v) is 39.6. The molecule has 0 fully saturated rings. The molecule has 660 valence electrons. The molecule has 128 heavy (non-hydrogen) atoms. The van der Waals surface area contributed by atoms with Crippen LogP contribution in [-0.4, -0.2) is 74.9 Å². The van der Waals surface area contributed by atoms with E-state index in [9.17, 15) is 75.7 Å². The molecule has 16 aromatic rings. The number of carbonyl (C=O) groups excluding carboxylic acids is 3. The van der Waals surface area contributed by atoms with Gasteiger partial charge in [-0.25, -0.2) is 24.7 Å². The molecule has 0 bridgehead atoms. The van der Waals surface area contributed by atoms with Gasteiger partial charge in [0.15, 0.2) is 0 Å². The van der Waals surface area contributed by atoms with Crippen molar-refractivity contribution < 1.29 is 99.8 Å². The van der Waals surface area contributed by atoms with Crippen LogP contribution in [0.15, 0.2) is 293 Å². The third-order valence-corrected chi connectivity index (χ3v) is 19.0. The summed E-state index contributed by atoms with van der Waals surface area (Å²) in [5, 5.41) is 23.6. The van der Waals surface area contributed by atoms with Crippen molar-refractivity contribution in [2.45, 2.75) is 76.6 Å². The Balaban J connectivity index is 0.000000159. The Hall–Kier alpha value is -15.0. The summed E-state index contributed by atoms with van der Waals surface area (Å²) in [4.78, 5) is 76.3. The number of nitrogens with zero attached hydrogens (tertiary/aromatic N) is 4. The quantitative estimate of drug-likeness (QED) is 0.0340. The molecule has 21 nitrogen and oxygen atoms in total. The average molecular weight is 1790 g/mol. The van der Waals surface area contributed by atoms with Gasteiger partial charge in [0.25, 0.3) is 17.7 Å². The number of carboxylic acid groups (broad SMARTS) is 1. The molecule has 0 radical (unpaired) electrons. The first kappa shape index (κ1) is 93.7. The zero-order valence-electron chi connectivity index (χ0n) is 67.9. The molecular weight excluding hydrogens is 1710 g/mol. The second-order valence-electron chi connectivity index (χ2n) is 28.1. The number of halogens is 13. The Morgan fingerprint density at radius 3 is 0.758 bits per heavy atom. The van der Waals surface area contributed by atoms with Crippen LogP contribution in [0.5, 0.6) is 46.0 Å². The zero-order valence-corrected chi connectivity index (χ0v) is 68.7. The molecule has 12 aromatic carbocycles. The maximum absolute atomic E-state index is 12.7. The third kappa shape index (κ3) is 25.6. The molecule has 4 aromatic heterocycles. The number of aromatic nitrogens is 8. The molecule has 4 atom stereocenters. The fraction of sp³-hybridized carbons (Fsp3) is 0.140. The monoisotopic (exact) mass is 1780 g/mol. The minimum absolute atomic E-state index is 0.0671. The molecule has 35 heteroatoms. The first-order chi connectivity index (χ1) is 61.0. The van der Waals surface area contributed by atoms with Crippen molar-refractivity contribution in [3.63, 3.8) is 0 Å². The van der Waals surface area contributed by atoms with Crippen molar-refractivity contribution in [2.75, 3.05) is 6.26 Å². The predicted octanol–water partition coefficient (Wildman–Crippen LogP) is 24.6. The number of imidazole rings is 4. The summed E-state index contributed by atoms with van der Waals surface area (Å²) in [6.45, 7) is 7.46. The van der Waals surface area contributed by atoms with E-state index in [2.05, 4.69) is 55.8 Å². The van der Waals surface area contributed by atoms with Gasteiger partial charge in [-0.1, -0.05) is 48.5 Å². The van der Waals surface area contributed by atoms with Crippen molar-refractivity contribution in [1.29, 1.82) is 0 Å². The topological polar surface area (TPSA) is 302 Å². The number of hydrogen-bond donors (Lipinski definition) is 9. The normalized spacial score (nSPS) is 12.2. The molecule has 10 N–H and O–H groups in total. The van der Waals surface area contributed by atoms with E-state index in [0.717, 1.165) is 104 Å². The van der Waals surface area contributed by atoms with Crippen LogP contribution in [-0.2, 0) is 24.7 Å². The Morgan fingerprint density at radius 1 is 0.344 bits per heavy atom. The largest absolute Gasteiger partial charge is 0.478 e. The average Bonchev–Trinajstić information content (AvgIpc) is 0.838. The van der Waals surface area contributed by atoms with Crippen LogP contribution in [0.4, 0.5) is 56.6 Å². The van der Waals surface area contributed by atoms with Gasteiger partial charge < -0.3 is 65.7 Å². The van der Waals surface area contributed by atoms with Crippen molar-refractivity contribution in [1.82, 2.24) is 55.8 Å². The van der Waals surface area contributed by atoms with Crippen molar-refractivity contribution in [3.05, 3.63) is 360 Å². The number of ether oxygens (including phenoxy) is 4. The van der Waals surface area contributed by atoms with Gasteiger partial charge in [0.2, 0.25) is 0 Å². The number of fused-ring (bicyclic) bond motifs is 4. The maximum atomic E-state index is 12.7. The lowest BCUT2D eigenvalue weighted by atomic mass is 10.1. The summed E-state index contributed by atoms with van der Waals surface area (Å²) >= 11 is 0.250. The van der Waals surface area contributed by atoms with Crippen molar-refractivity contribution >= 4 is 78.9 Å². The summed E-state index contributed by atoms with van der Waals surface area (Å²) in [5.74, 6) is 1.25. The highest BCUT2D eigenvalue weighted by Crippen LogP contribution is 2.40. The number of nitrogens with two attached hydrogens (primary N) is 1. The summed E-state index contributed by atoms with van der Waals surface area (Å²) in [6, 6.07) is 58.4. The van der Waals surface area contributed by atoms with E-state index >= 15 is 0 Å². The molecule has 0 aliphatic carbocycles. The maximum Gasteiger partial charge on any atom is 0.416 e. The van der Waals surface area contributed by atoms with E-state index in [0.29, 0.717) is 50.5 Å². The molecule has 0 aliphatic heterocycles. The number of aromatic carboxylic acids is 1. The first-order valence-electron chi connectivity index (χ1n) is 38.5. The molecule has 0 saturated heterocycles. The number of amides is 3. The lowest BCUT2D eigenvalue weighted by molar-refractivity contribution is -0.138. The predicted molar refractivity (Wildman–Crippen MR) is 458 cm³/mol. The minimum atomic E-state index is -4.40. The Bertz CT molecular complexity index is 5910. The lowest BCUT2D eigenvalue weighted by Crippen LogP contribution is -2.26. The van der Waals surface area contributed by atoms with E-state index in [1.165, 1.54) is 66.9 Å². The van der Waals surface area contributed by atoms with Crippen molar-refractivity contribution in [3.8, 4) is 46.0 Å². The number of carboxylic acids is 1. The molecule has 0 spiro atoms. The lowest BCUT2D eigenvalue weighted by Gasteiger charge is -2.14. The Labute approximate surface area is 725 Å². The molecule has 16 rings (SSSR count). The van der Waals surface area contributed by atoms with E-state index in [-0.39, 0.29) is 82.6 Å². The Kier molecular flexibility index (Phi) is 30.8. The van der Waals surface area contributed by atoms with Gasteiger partial charge in [-0.2, -0.15) is 56.6 Å². The van der Waals surface area contributed by atoms with E-state index < -0.39 is 52.9 Å². The van der Waals surface area contributed by atoms with E-state index in [1.54, 1.807) is 165 Å². The number of benzene rings is 12. The number of nitrogens with one attached hydrogen (secondary N) is 7. The van der Waals surface area contributed by atoms with Crippen molar-refractivity contribution in [2.24, 2.45) is 5.73 Å². The van der Waals surface area contributed by atoms with Gasteiger partial charge in [0.1, 0.15) is 46.0 Å². The highest BCUT2D eigenvalue weighted by Gasteiger charge is 2.33. The van der Waals surface area contributed by atoms with Crippen LogP contribution >= 0.6 is 12.1 Å². The van der Waals surface area contributed by atoms with Crippen LogP contribution in [0.2, 0.25) is 0 Å². The smallest absolute Gasteiger partial charge is 0.416 e. The molecule has 0 aliphatic rings. The molecule has 0 saturated carbocycles. The zero-order chi connectivity index (χ0) is 92.0. The second-order valence-corrected chi connectivity index (χ2v) is 28.4. The summed E-state index contributed by atoms with van der Waals surface area (Å²) < 4.78 is 186. The second kappa shape index (κ2) is 42.1. The highest BCUT2D eigenvalue weighted by atomic mass is 32.2. The van der Waals surface area contributed by atoms with Gasteiger partial charge >= 0.3 is 30.7 Å². The van der Waals surface area contributed by atoms with Gasteiger partial charge in [0.05, 0.1) is 113 Å². The number of aromatic amines is 4. The molecule has 4 heterocycles. The number of alkyl halides is 12. The van der Waals surface area contributed by atoms with Crippen LogP contribution in [0.3, 0.4) is 0 Å². The van der Waals surface area contributed by atoms with E-state index in [4.69, 9.17) is 29.8 Å². The van der Waals surface area contributed by atoms with Gasteiger partial charge in [-0.05, 0) is 243 Å².